The highest BCUT2D eigenvalue weighted by Gasteiger charge is 2.19. The summed E-state index contributed by atoms with van der Waals surface area (Å²) in [6.45, 7) is 6.10. The lowest BCUT2D eigenvalue weighted by atomic mass is 10.1. The number of fused-ring (bicyclic) bond motifs is 1. The van der Waals surface area contributed by atoms with Gasteiger partial charge in [0.05, 0.1) is 18.9 Å². The van der Waals surface area contributed by atoms with Gasteiger partial charge in [-0.1, -0.05) is 6.07 Å². The number of hydrogen-bond acceptors (Lipinski definition) is 7. The first-order valence-corrected chi connectivity index (χ1v) is 10.5. The van der Waals surface area contributed by atoms with Crippen LogP contribution in [0, 0.1) is 0 Å². The standard InChI is InChI=1S/C23H26N6O/c24-20-4-2-18(3-5-20)23-26-14-19-16-28(8-7-21(19)27-23)15-17-1-6-22(25-13-17)29-9-11-30-12-10-29/h1-6,13-14H,7-12,15-16,24H2. The van der Waals surface area contributed by atoms with E-state index in [9.17, 15) is 0 Å². The van der Waals surface area contributed by atoms with Crippen molar-refractivity contribution in [1.29, 1.82) is 0 Å². The van der Waals surface area contributed by atoms with E-state index in [2.05, 4.69) is 31.9 Å². The maximum atomic E-state index is 5.78. The van der Waals surface area contributed by atoms with Crippen molar-refractivity contribution in [3.63, 3.8) is 0 Å². The first-order chi connectivity index (χ1) is 14.7. The number of benzene rings is 1. The molecular formula is C23H26N6O. The number of ether oxygens (including phenoxy) is 1. The Kier molecular flexibility index (Phi) is 5.29. The number of anilines is 2. The van der Waals surface area contributed by atoms with Crippen LogP contribution in [0.1, 0.15) is 16.8 Å². The molecule has 154 valence electrons. The molecule has 0 radical (unpaired) electrons. The van der Waals surface area contributed by atoms with Crippen molar-refractivity contribution in [3.8, 4) is 11.4 Å². The third-order valence-electron chi connectivity index (χ3n) is 5.73. The number of rotatable bonds is 4. The molecule has 7 nitrogen and oxygen atoms in total. The second-order valence-electron chi connectivity index (χ2n) is 7.87. The van der Waals surface area contributed by atoms with Crippen molar-refractivity contribution in [1.82, 2.24) is 19.9 Å². The SMILES string of the molecule is Nc1ccc(-c2ncc3c(n2)CCN(Cc2ccc(N4CCOCC4)nc2)C3)cc1. The molecular weight excluding hydrogens is 376 g/mol. The summed E-state index contributed by atoms with van der Waals surface area (Å²) < 4.78 is 5.42. The lowest BCUT2D eigenvalue weighted by molar-refractivity contribution is 0.122. The number of nitrogens with zero attached hydrogens (tertiary/aromatic N) is 5. The van der Waals surface area contributed by atoms with Gasteiger partial charge < -0.3 is 15.4 Å². The van der Waals surface area contributed by atoms with Gasteiger partial charge in [0.15, 0.2) is 5.82 Å². The maximum Gasteiger partial charge on any atom is 0.159 e. The Bertz CT molecular complexity index is 999. The Labute approximate surface area is 176 Å². The number of hydrogen-bond donors (Lipinski definition) is 1. The number of aromatic nitrogens is 3. The first-order valence-electron chi connectivity index (χ1n) is 10.5. The normalized spacial score (nSPS) is 17.0. The molecule has 2 aromatic heterocycles. The minimum atomic E-state index is 0.750. The fourth-order valence-electron chi connectivity index (χ4n) is 4.03. The molecule has 0 amide bonds. The lowest BCUT2D eigenvalue weighted by Gasteiger charge is -2.29. The second-order valence-corrected chi connectivity index (χ2v) is 7.87. The van der Waals surface area contributed by atoms with Gasteiger partial charge in [-0.25, -0.2) is 15.0 Å². The van der Waals surface area contributed by atoms with Gasteiger partial charge in [-0.2, -0.15) is 0 Å². The predicted molar refractivity (Wildman–Crippen MR) is 117 cm³/mol. The van der Waals surface area contributed by atoms with Crippen LogP contribution in [0.25, 0.3) is 11.4 Å². The highest BCUT2D eigenvalue weighted by atomic mass is 16.5. The van der Waals surface area contributed by atoms with E-state index < -0.39 is 0 Å². The summed E-state index contributed by atoms with van der Waals surface area (Å²) in [5.74, 6) is 1.81. The molecule has 0 atom stereocenters. The van der Waals surface area contributed by atoms with Crippen molar-refractivity contribution in [2.45, 2.75) is 19.5 Å². The van der Waals surface area contributed by atoms with Gasteiger partial charge in [-0.3, -0.25) is 4.90 Å². The van der Waals surface area contributed by atoms with Gasteiger partial charge in [0, 0.05) is 68.4 Å². The zero-order chi connectivity index (χ0) is 20.3. The van der Waals surface area contributed by atoms with Crippen molar-refractivity contribution in [2.75, 3.05) is 43.5 Å². The summed E-state index contributed by atoms with van der Waals surface area (Å²) in [4.78, 5) is 18.8. The zero-order valence-corrected chi connectivity index (χ0v) is 17.0. The van der Waals surface area contributed by atoms with E-state index in [1.165, 1.54) is 11.1 Å². The van der Waals surface area contributed by atoms with Crippen molar-refractivity contribution < 1.29 is 4.74 Å². The predicted octanol–water partition coefficient (Wildman–Crippen LogP) is 2.52. The Morgan fingerprint density at radius 1 is 0.933 bits per heavy atom. The molecule has 3 aromatic rings. The van der Waals surface area contributed by atoms with Crippen LogP contribution in [-0.4, -0.2) is 52.7 Å². The number of nitrogen functional groups attached to an aromatic ring is 1. The monoisotopic (exact) mass is 402 g/mol. The second kappa shape index (κ2) is 8.38. The lowest BCUT2D eigenvalue weighted by Crippen LogP contribution is -2.36. The van der Waals surface area contributed by atoms with E-state index in [0.29, 0.717) is 0 Å². The van der Waals surface area contributed by atoms with Crippen LogP contribution in [0.5, 0.6) is 0 Å². The molecule has 0 bridgehead atoms. The quantitative estimate of drug-likeness (QED) is 0.672. The maximum absolute atomic E-state index is 5.78. The molecule has 1 aromatic carbocycles. The van der Waals surface area contributed by atoms with Crippen LogP contribution in [0.15, 0.2) is 48.8 Å². The Morgan fingerprint density at radius 2 is 1.77 bits per heavy atom. The van der Waals surface area contributed by atoms with Gasteiger partial charge in [0.1, 0.15) is 5.82 Å². The number of pyridine rings is 1. The Hall–Kier alpha value is -3.03. The minimum absolute atomic E-state index is 0.750. The molecule has 0 spiro atoms. The van der Waals surface area contributed by atoms with E-state index in [1.807, 2.05) is 36.7 Å². The highest BCUT2D eigenvalue weighted by Crippen LogP contribution is 2.23. The summed E-state index contributed by atoms with van der Waals surface area (Å²) in [6, 6.07) is 12.0. The molecule has 2 N–H and O–H groups in total. The van der Waals surface area contributed by atoms with Crippen LogP contribution in [0.2, 0.25) is 0 Å². The number of nitrogens with two attached hydrogens (primary N) is 1. The summed E-state index contributed by atoms with van der Waals surface area (Å²) in [7, 11) is 0. The Morgan fingerprint density at radius 3 is 2.53 bits per heavy atom. The molecule has 7 heteroatoms. The third kappa shape index (κ3) is 4.13. The average Bonchev–Trinajstić information content (AvgIpc) is 2.80. The first kappa shape index (κ1) is 19.0. The van der Waals surface area contributed by atoms with Crippen molar-refractivity contribution in [3.05, 3.63) is 65.6 Å². The molecule has 4 heterocycles. The van der Waals surface area contributed by atoms with Crippen LogP contribution < -0.4 is 10.6 Å². The molecule has 0 aliphatic carbocycles. The molecule has 5 rings (SSSR count). The van der Waals surface area contributed by atoms with E-state index in [4.69, 9.17) is 15.5 Å². The van der Waals surface area contributed by atoms with Crippen LogP contribution in [-0.2, 0) is 24.2 Å². The summed E-state index contributed by atoms with van der Waals surface area (Å²) in [5.41, 5.74) is 11.1. The van der Waals surface area contributed by atoms with Crippen molar-refractivity contribution >= 4 is 11.5 Å². The van der Waals surface area contributed by atoms with Crippen LogP contribution >= 0.6 is 0 Å². The van der Waals surface area contributed by atoms with E-state index in [1.54, 1.807) is 0 Å². The van der Waals surface area contributed by atoms with E-state index in [0.717, 1.165) is 80.9 Å². The molecule has 30 heavy (non-hydrogen) atoms. The molecule has 0 unspecified atom stereocenters. The summed E-state index contributed by atoms with van der Waals surface area (Å²) >= 11 is 0. The molecule has 2 aliphatic rings. The van der Waals surface area contributed by atoms with E-state index >= 15 is 0 Å². The fourth-order valence-corrected chi connectivity index (χ4v) is 4.03. The van der Waals surface area contributed by atoms with Gasteiger partial charge in [-0.05, 0) is 35.9 Å². The van der Waals surface area contributed by atoms with Gasteiger partial charge >= 0.3 is 0 Å². The largest absolute Gasteiger partial charge is 0.399 e. The minimum Gasteiger partial charge on any atom is -0.399 e. The summed E-state index contributed by atoms with van der Waals surface area (Å²) in [5, 5.41) is 0. The summed E-state index contributed by atoms with van der Waals surface area (Å²) in [6.07, 6.45) is 4.90. The van der Waals surface area contributed by atoms with Crippen molar-refractivity contribution in [2.24, 2.45) is 0 Å². The molecule has 1 saturated heterocycles. The van der Waals surface area contributed by atoms with Gasteiger partial charge in [-0.15, -0.1) is 0 Å². The van der Waals surface area contributed by atoms with E-state index in [-0.39, 0.29) is 0 Å². The number of morpholine rings is 1. The fraction of sp³-hybridized carbons (Fsp3) is 0.348. The molecule has 2 aliphatic heterocycles. The molecule has 0 saturated carbocycles. The third-order valence-corrected chi connectivity index (χ3v) is 5.73. The smallest absolute Gasteiger partial charge is 0.159 e. The zero-order valence-electron chi connectivity index (χ0n) is 17.0. The average molecular weight is 403 g/mol. The topological polar surface area (TPSA) is 80.4 Å². The molecule has 1 fully saturated rings. The van der Waals surface area contributed by atoms with Gasteiger partial charge in [0.25, 0.3) is 0 Å². The highest BCUT2D eigenvalue weighted by molar-refractivity contribution is 5.58. The van der Waals surface area contributed by atoms with Crippen LogP contribution in [0.4, 0.5) is 11.5 Å². The van der Waals surface area contributed by atoms with Gasteiger partial charge in [0.2, 0.25) is 0 Å². The van der Waals surface area contributed by atoms with Crippen LogP contribution in [0.3, 0.4) is 0 Å². The Balaban J connectivity index is 1.24.